The van der Waals surface area contributed by atoms with Crippen LogP contribution in [0.4, 0.5) is 0 Å². The number of pyridine rings is 1. The molecule has 0 bridgehead atoms. The number of carbonyl (C=O) groups is 2. The molecule has 0 aliphatic carbocycles. The Bertz CT molecular complexity index is 1420. The van der Waals surface area contributed by atoms with Crippen LogP contribution in [-0.2, 0) is 22.7 Å². The van der Waals surface area contributed by atoms with Gasteiger partial charge in [0.15, 0.2) is 17.3 Å². The maximum atomic E-state index is 13.4. The number of hydrogen-bond acceptors (Lipinski definition) is 7. The molecule has 0 radical (unpaired) electrons. The molecule has 1 heterocycles. The van der Waals surface area contributed by atoms with Crippen molar-refractivity contribution in [1.29, 1.82) is 0 Å². The number of carbonyl (C=O) groups excluding carboxylic acids is 2. The largest absolute Gasteiger partial charge is 0.491 e. The first-order valence-corrected chi connectivity index (χ1v) is 12.5. The van der Waals surface area contributed by atoms with Crippen LogP contribution in [0.5, 0.6) is 17.2 Å². The Morgan fingerprint density at radius 3 is 1.85 bits per heavy atom. The van der Waals surface area contributed by atoms with Crippen LogP contribution in [0.25, 0.3) is 6.08 Å². The molecule has 4 aromatic rings. The summed E-state index contributed by atoms with van der Waals surface area (Å²) in [4.78, 5) is 30.8. The molecule has 0 atom stereocenters. The summed E-state index contributed by atoms with van der Waals surface area (Å²) in [5.74, 6) is -0.374. The standard InChI is InChI=1S/C32H29NO6/c1-3-37-32(35)26(29(34)25-17-11-6-12-18-25)19-27-30(38-21-23-13-7-4-8-14-23)31(28(36-2)20-33-27)39-22-24-15-9-5-10-16-24/h4-20H,3,21-22H2,1-2H3/b26-19-. The molecule has 1 aromatic heterocycles. The molecule has 0 N–H and O–H groups in total. The number of Topliss-reactive ketones (excluding diaryl/α,β-unsaturated/α-hetero) is 1. The second kappa shape index (κ2) is 13.6. The predicted molar refractivity (Wildman–Crippen MR) is 148 cm³/mol. The van der Waals surface area contributed by atoms with Gasteiger partial charge in [0, 0.05) is 5.56 Å². The summed E-state index contributed by atoms with van der Waals surface area (Å²) >= 11 is 0. The fourth-order valence-corrected chi connectivity index (χ4v) is 3.77. The molecular weight excluding hydrogens is 494 g/mol. The van der Waals surface area contributed by atoms with Crippen LogP contribution in [0, 0.1) is 0 Å². The van der Waals surface area contributed by atoms with Gasteiger partial charge in [-0.1, -0.05) is 91.0 Å². The van der Waals surface area contributed by atoms with Gasteiger partial charge in [-0.05, 0) is 24.1 Å². The summed E-state index contributed by atoms with van der Waals surface area (Å²) in [6.45, 7) is 2.22. The lowest BCUT2D eigenvalue weighted by Crippen LogP contribution is -2.16. The van der Waals surface area contributed by atoms with Crippen molar-refractivity contribution in [2.24, 2.45) is 0 Å². The molecule has 0 amide bonds. The molecule has 0 spiro atoms. The minimum absolute atomic E-state index is 0.108. The Hall–Kier alpha value is -4.91. The van der Waals surface area contributed by atoms with Gasteiger partial charge in [-0.15, -0.1) is 0 Å². The fourth-order valence-electron chi connectivity index (χ4n) is 3.77. The highest BCUT2D eigenvalue weighted by molar-refractivity contribution is 6.26. The minimum atomic E-state index is -0.760. The molecule has 0 saturated carbocycles. The lowest BCUT2D eigenvalue weighted by Gasteiger charge is -2.18. The smallest absolute Gasteiger partial charge is 0.342 e. The van der Waals surface area contributed by atoms with Crippen LogP contribution in [-0.4, -0.2) is 30.5 Å². The van der Waals surface area contributed by atoms with Gasteiger partial charge in [0.05, 0.1) is 19.9 Å². The normalized spacial score (nSPS) is 11.0. The average Bonchev–Trinajstić information content (AvgIpc) is 2.99. The molecule has 0 saturated heterocycles. The van der Waals surface area contributed by atoms with E-state index in [9.17, 15) is 9.59 Å². The highest BCUT2D eigenvalue weighted by Gasteiger charge is 2.25. The lowest BCUT2D eigenvalue weighted by atomic mass is 10.0. The van der Waals surface area contributed by atoms with Gasteiger partial charge in [-0.25, -0.2) is 9.78 Å². The van der Waals surface area contributed by atoms with E-state index in [1.807, 2.05) is 60.7 Å². The first kappa shape index (κ1) is 27.1. The number of esters is 1. The summed E-state index contributed by atoms with van der Waals surface area (Å²) in [5.41, 5.74) is 2.24. The molecule has 0 fully saturated rings. The van der Waals surface area contributed by atoms with E-state index in [4.69, 9.17) is 18.9 Å². The van der Waals surface area contributed by atoms with Crippen LogP contribution in [0.15, 0.2) is 103 Å². The molecule has 7 nitrogen and oxygen atoms in total. The maximum Gasteiger partial charge on any atom is 0.342 e. The van der Waals surface area contributed by atoms with Crippen molar-refractivity contribution in [1.82, 2.24) is 4.98 Å². The van der Waals surface area contributed by atoms with Gasteiger partial charge < -0.3 is 18.9 Å². The average molecular weight is 524 g/mol. The summed E-state index contributed by atoms with van der Waals surface area (Å²) in [6, 6.07) is 27.8. The number of rotatable bonds is 12. The highest BCUT2D eigenvalue weighted by atomic mass is 16.5. The van der Waals surface area contributed by atoms with Crippen LogP contribution in [0.3, 0.4) is 0 Å². The second-order valence-electron chi connectivity index (χ2n) is 8.39. The van der Waals surface area contributed by atoms with Gasteiger partial charge in [0.25, 0.3) is 0 Å². The van der Waals surface area contributed by atoms with Gasteiger partial charge in [-0.3, -0.25) is 4.79 Å². The molecular formula is C32H29NO6. The third-order valence-electron chi connectivity index (χ3n) is 5.71. The van der Waals surface area contributed by atoms with Crippen molar-refractivity contribution in [3.8, 4) is 17.2 Å². The van der Waals surface area contributed by atoms with Crippen LogP contribution in [0.1, 0.15) is 34.1 Å². The monoisotopic (exact) mass is 523 g/mol. The Kier molecular flexibility index (Phi) is 9.45. The highest BCUT2D eigenvalue weighted by Crippen LogP contribution is 2.41. The number of ketones is 1. The van der Waals surface area contributed by atoms with E-state index in [0.29, 0.717) is 17.1 Å². The predicted octanol–water partition coefficient (Wildman–Crippen LogP) is 6.08. The number of nitrogens with zero attached hydrogens (tertiary/aromatic N) is 1. The van der Waals surface area contributed by atoms with Gasteiger partial charge in [-0.2, -0.15) is 0 Å². The molecule has 0 aliphatic rings. The summed E-state index contributed by atoms with van der Waals surface area (Å²) in [5, 5.41) is 0. The van der Waals surface area contributed by atoms with E-state index >= 15 is 0 Å². The van der Waals surface area contributed by atoms with Gasteiger partial charge in [0.1, 0.15) is 24.5 Å². The SMILES string of the molecule is CCOC(=O)/C(=C\c1ncc(OC)c(OCc2ccccc2)c1OCc1ccccc1)C(=O)c1ccccc1. The minimum Gasteiger partial charge on any atom is -0.491 e. The summed E-state index contributed by atoms with van der Waals surface area (Å²) < 4.78 is 23.2. The zero-order valence-electron chi connectivity index (χ0n) is 21.8. The molecule has 4 rings (SSSR count). The molecule has 198 valence electrons. The second-order valence-corrected chi connectivity index (χ2v) is 8.39. The van der Waals surface area contributed by atoms with Crippen molar-refractivity contribution in [3.05, 3.63) is 125 Å². The summed E-state index contributed by atoms with van der Waals surface area (Å²) in [7, 11) is 1.51. The zero-order valence-corrected chi connectivity index (χ0v) is 21.8. The van der Waals surface area contributed by atoms with Crippen molar-refractivity contribution in [3.63, 3.8) is 0 Å². The topological polar surface area (TPSA) is 84.0 Å². The number of hydrogen-bond donors (Lipinski definition) is 0. The molecule has 39 heavy (non-hydrogen) atoms. The van der Waals surface area contributed by atoms with E-state index in [-0.39, 0.29) is 36.8 Å². The quantitative estimate of drug-likeness (QED) is 0.0732. The Labute approximate surface area is 227 Å². The Balaban J connectivity index is 1.81. The zero-order chi connectivity index (χ0) is 27.5. The maximum absolute atomic E-state index is 13.4. The molecule has 0 aliphatic heterocycles. The summed E-state index contributed by atoms with van der Waals surface area (Å²) in [6.07, 6.45) is 2.85. The molecule has 3 aromatic carbocycles. The van der Waals surface area contributed by atoms with Crippen LogP contribution in [0.2, 0.25) is 0 Å². The van der Waals surface area contributed by atoms with Crippen molar-refractivity contribution >= 4 is 17.8 Å². The first-order chi connectivity index (χ1) is 19.1. The van der Waals surface area contributed by atoms with E-state index in [1.54, 1.807) is 37.3 Å². The van der Waals surface area contributed by atoms with E-state index in [1.165, 1.54) is 19.4 Å². The Morgan fingerprint density at radius 1 is 0.769 bits per heavy atom. The Morgan fingerprint density at radius 2 is 1.31 bits per heavy atom. The molecule has 0 unspecified atom stereocenters. The van der Waals surface area contributed by atoms with E-state index in [2.05, 4.69) is 4.98 Å². The van der Waals surface area contributed by atoms with E-state index < -0.39 is 11.8 Å². The van der Waals surface area contributed by atoms with E-state index in [0.717, 1.165) is 11.1 Å². The fraction of sp³-hybridized carbons (Fsp3) is 0.156. The van der Waals surface area contributed by atoms with Crippen molar-refractivity contribution < 1.29 is 28.5 Å². The first-order valence-electron chi connectivity index (χ1n) is 12.5. The van der Waals surface area contributed by atoms with Crippen LogP contribution < -0.4 is 14.2 Å². The van der Waals surface area contributed by atoms with Gasteiger partial charge >= 0.3 is 5.97 Å². The number of benzene rings is 3. The lowest BCUT2D eigenvalue weighted by molar-refractivity contribution is -0.137. The van der Waals surface area contributed by atoms with Crippen molar-refractivity contribution in [2.75, 3.05) is 13.7 Å². The van der Waals surface area contributed by atoms with Crippen LogP contribution >= 0.6 is 0 Å². The van der Waals surface area contributed by atoms with Gasteiger partial charge in [0.2, 0.25) is 5.75 Å². The third kappa shape index (κ3) is 7.11. The number of ether oxygens (including phenoxy) is 4. The third-order valence-corrected chi connectivity index (χ3v) is 5.71. The number of methoxy groups -OCH3 is 1. The molecule has 7 heteroatoms. The van der Waals surface area contributed by atoms with Crippen molar-refractivity contribution in [2.45, 2.75) is 20.1 Å². The number of aromatic nitrogens is 1.